The Kier molecular flexibility index (Phi) is 5.37. The number of hydrogen-bond donors (Lipinski definition) is 0. The van der Waals surface area contributed by atoms with Gasteiger partial charge in [-0.15, -0.1) is 0 Å². The number of fused-ring (bicyclic) bond motifs is 5. The van der Waals surface area contributed by atoms with Gasteiger partial charge < -0.3 is 9.47 Å². The lowest BCUT2D eigenvalue weighted by Crippen LogP contribution is -2.58. The standard InChI is InChI=1S/C28H40O4/c1-18(29)28(32-19(2)30)16-13-25-23-10-9-20-17-22(31-21-7-5-6-8-21)11-14-26(20,3)24(23)12-15-27(25,28)4/h9,17,21,23-25H,5-8,10-16H2,1-4H3/t23-,24+,25+,26+,27+,28+/m1/s1. The van der Waals surface area contributed by atoms with Gasteiger partial charge in [0.2, 0.25) is 0 Å². The minimum absolute atomic E-state index is 0.0312. The molecule has 0 aromatic heterocycles. The van der Waals surface area contributed by atoms with Crippen molar-refractivity contribution in [3.05, 3.63) is 23.5 Å². The minimum Gasteiger partial charge on any atom is -0.495 e. The second kappa shape index (κ2) is 7.74. The lowest BCUT2D eigenvalue weighted by molar-refractivity contribution is -0.186. The molecule has 0 saturated heterocycles. The molecule has 6 atom stereocenters. The summed E-state index contributed by atoms with van der Waals surface area (Å²) < 4.78 is 12.3. The summed E-state index contributed by atoms with van der Waals surface area (Å²) in [5, 5.41) is 0. The van der Waals surface area contributed by atoms with Crippen molar-refractivity contribution in [2.45, 2.75) is 110 Å². The highest BCUT2D eigenvalue weighted by Crippen LogP contribution is 2.67. The Morgan fingerprint density at radius 2 is 1.69 bits per heavy atom. The Labute approximate surface area is 193 Å². The van der Waals surface area contributed by atoms with Crippen LogP contribution < -0.4 is 0 Å². The van der Waals surface area contributed by atoms with Crippen LogP contribution in [0.15, 0.2) is 23.5 Å². The molecular weight excluding hydrogens is 400 g/mol. The first-order chi connectivity index (χ1) is 15.2. The average molecular weight is 441 g/mol. The summed E-state index contributed by atoms with van der Waals surface area (Å²) in [5.74, 6) is 2.53. The van der Waals surface area contributed by atoms with Gasteiger partial charge in [-0.1, -0.05) is 19.9 Å². The molecule has 176 valence electrons. The van der Waals surface area contributed by atoms with E-state index >= 15 is 0 Å². The molecule has 0 spiro atoms. The summed E-state index contributed by atoms with van der Waals surface area (Å²) >= 11 is 0. The molecule has 5 aliphatic rings. The molecule has 0 aromatic rings. The Hall–Kier alpha value is -1.58. The van der Waals surface area contributed by atoms with E-state index in [1.54, 1.807) is 6.92 Å². The van der Waals surface area contributed by atoms with Crippen LogP contribution in [-0.4, -0.2) is 23.5 Å². The lowest BCUT2D eigenvalue weighted by Gasteiger charge is -2.58. The summed E-state index contributed by atoms with van der Waals surface area (Å²) in [6, 6.07) is 0. The fourth-order valence-electron chi connectivity index (χ4n) is 8.67. The predicted molar refractivity (Wildman–Crippen MR) is 124 cm³/mol. The van der Waals surface area contributed by atoms with Crippen LogP contribution >= 0.6 is 0 Å². The fourth-order valence-corrected chi connectivity index (χ4v) is 8.67. The highest BCUT2D eigenvalue weighted by molar-refractivity contribution is 5.89. The third-order valence-electron chi connectivity index (χ3n) is 10.4. The molecule has 0 amide bonds. The van der Waals surface area contributed by atoms with Crippen LogP contribution in [0, 0.1) is 28.6 Å². The van der Waals surface area contributed by atoms with Gasteiger partial charge >= 0.3 is 5.97 Å². The summed E-state index contributed by atoms with van der Waals surface area (Å²) in [4.78, 5) is 24.9. The molecule has 0 aliphatic heterocycles. The number of carbonyl (C=O) groups excluding carboxylic acids is 2. The van der Waals surface area contributed by atoms with Crippen molar-refractivity contribution in [1.29, 1.82) is 0 Å². The number of ketones is 1. The molecule has 3 fully saturated rings. The monoisotopic (exact) mass is 440 g/mol. The molecule has 0 aromatic carbocycles. The molecule has 0 bridgehead atoms. The first kappa shape index (κ1) is 22.2. The number of esters is 1. The van der Waals surface area contributed by atoms with Gasteiger partial charge in [0.15, 0.2) is 11.4 Å². The van der Waals surface area contributed by atoms with Crippen molar-refractivity contribution in [3.63, 3.8) is 0 Å². The fraction of sp³-hybridized carbons (Fsp3) is 0.786. The van der Waals surface area contributed by atoms with Gasteiger partial charge in [-0.25, -0.2) is 0 Å². The van der Waals surface area contributed by atoms with Crippen LogP contribution in [0.2, 0.25) is 0 Å². The number of carbonyl (C=O) groups is 2. The Morgan fingerprint density at radius 3 is 2.38 bits per heavy atom. The maximum absolute atomic E-state index is 12.9. The van der Waals surface area contributed by atoms with Gasteiger partial charge in [-0.3, -0.25) is 9.59 Å². The zero-order valence-electron chi connectivity index (χ0n) is 20.4. The third-order valence-corrected chi connectivity index (χ3v) is 10.4. The van der Waals surface area contributed by atoms with E-state index in [0.717, 1.165) is 38.5 Å². The van der Waals surface area contributed by atoms with Crippen molar-refractivity contribution >= 4 is 11.8 Å². The molecule has 0 unspecified atom stereocenters. The van der Waals surface area contributed by atoms with E-state index in [4.69, 9.17) is 9.47 Å². The number of allylic oxidation sites excluding steroid dienone is 4. The van der Waals surface area contributed by atoms with Gasteiger partial charge in [0.25, 0.3) is 0 Å². The van der Waals surface area contributed by atoms with E-state index in [1.165, 1.54) is 43.9 Å². The largest absolute Gasteiger partial charge is 0.495 e. The second-order valence-corrected chi connectivity index (χ2v) is 11.8. The Balaban J connectivity index is 1.42. The van der Waals surface area contributed by atoms with E-state index < -0.39 is 5.60 Å². The smallest absolute Gasteiger partial charge is 0.303 e. The summed E-state index contributed by atoms with van der Waals surface area (Å²) in [6.45, 7) is 7.78. The molecular formula is C28H40O4. The zero-order valence-corrected chi connectivity index (χ0v) is 20.4. The first-order valence-corrected chi connectivity index (χ1v) is 13.0. The van der Waals surface area contributed by atoms with Crippen molar-refractivity contribution < 1.29 is 19.1 Å². The number of hydrogen-bond acceptors (Lipinski definition) is 4. The number of Topliss-reactive ketones (excluding diaryl/α,β-unsaturated/α-hetero) is 1. The topological polar surface area (TPSA) is 52.6 Å². The molecule has 0 heterocycles. The predicted octanol–water partition coefficient (Wildman–Crippen LogP) is 6.29. The summed E-state index contributed by atoms with van der Waals surface area (Å²) in [7, 11) is 0. The normalized spacial score (nSPS) is 43.4. The molecule has 0 radical (unpaired) electrons. The van der Waals surface area contributed by atoms with Crippen LogP contribution in [-0.2, 0) is 19.1 Å². The third kappa shape index (κ3) is 3.15. The highest BCUT2D eigenvalue weighted by Gasteiger charge is 2.67. The van der Waals surface area contributed by atoms with Gasteiger partial charge in [0.05, 0.1) is 11.9 Å². The van der Waals surface area contributed by atoms with Gasteiger partial charge in [-0.05, 0) is 106 Å². The van der Waals surface area contributed by atoms with Crippen LogP contribution in [0.3, 0.4) is 0 Å². The number of ether oxygens (including phenoxy) is 2. The first-order valence-electron chi connectivity index (χ1n) is 13.0. The van der Waals surface area contributed by atoms with Gasteiger partial charge in [0, 0.05) is 18.8 Å². The second-order valence-electron chi connectivity index (χ2n) is 11.8. The molecule has 4 nitrogen and oxygen atoms in total. The summed E-state index contributed by atoms with van der Waals surface area (Å²) in [6.07, 6.45) is 17.3. The maximum atomic E-state index is 12.9. The average Bonchev–Trinajstić information content (AvgIpc) is 3.34. The van der Waals surface area contributed by atoms with E-state index in [0.29, 0.717) is 30.3 Å². The van der Waals surface area contributed by atoms with Gasteiger partial charge in [-0.2, -0.15) is 0 Å². The molecule has 4 heteroatoms. The molecule has 5 rings (SSSR count). The van der Waals surface area contributed by atoms with Crippen molar-refractivity contribution in [3.8, 4) is 0 Å². The highest BCUT2D eigenvalue weighted by atomic mass is 16.6. The maximum Gasteiger partial charge on any atom is 0.303 e. The van der Waals surface area contributed by atoms with E-state index in [1.807, 2.05) is 0 Å². The zero-order chi connectivity index (χ0) is 22.7. The van der Waals surface area contributed by atoms with Crippen LogP contribution in [0.5, 0.6) is 0 Å². The van der Waals surface area contributed by atoms with Crippen LogP contribution in [0.25, 0.3) is 0 Å². The van der Waals surface area contributed by atoms with E-state index in [9.17, 15) is 9.59 Å². The molecule has 32 heavy (non-hydrogen) atoms. The lowest BCUT2D eigenvalue weighted by atomic mass is 9.47. The van der Waals surface area contributed by atoms with Crippen molar-refractivity contribution in [2.24, 2.45) is 28.6 Å². The van der Waals surface area contributed by atoms with Gasteiger partial charge in [0.1, 0.15) is 0 Å². The molecule has 5 aliphatic carbocycles. The Bertz CT molecular complexity index is 865. The van der Waals surface area contributed by atoms with E-state index in [2.05, 4.69) is 26.0 Å². The number of rotatable bonds is 4. The SMILES string of the molecule is CC(=O)O[C@]1(C(C)=O)CC[C@H]2[C@@H]3CC=C4C=C(OC5CCCC5)CC[C@]4(C)[C@H]3CC[C@@]21C. The molecule has 3 saturated carbocycles. The quantitative estimate of drug-likeness (QED) is 0.482. The van der Waals surface area contributed by atoms with Crippen molar-refractivity contribution in [2.75, 3.05) is 0 Å². The minimum atomic E-state index is -0.936. The summed E-state index contributed by atoms with van der Waals surface area (Å²) in [5.41, 5.74) is 0.482. The Morgan fingerprint density at radius 1 is 0.969 bits per heavy atom. The van der Waals surface area contributed by atoms with Crippen molar-refractivity contribution in [1.82, 2.24) is 0 Å². The molecule has 0 N–H and O–H groups in total. The van der Waals surface area contributed by atoms with Crippen LogP contribution in [0.1, 0.15) is 98.3 Å². The van der Waals surface area contributed by atoms with E-state index in [-0.39, 0.29) is 22.6 Å². The van der Waals surface area contributed by atoms with Crippen LogP contribution in [0.4, 0.5) is 0 Å².